The fourth-order valence-corrected chi connectivity index (χ4v) is 0.482. The molecule has 0 aliphatic carbocycles. The minimum atomic E-state index is -0.512. The number of aliphatic hydroxyl groups excluding tert-OH is 1. The summed E-state index contributed by atoms with van der Waals surface area (Å²) < 4.78 is 0. The maximum atomic E-state index is 9.04. The van der Waals surface area contributed by atoms with E-state index in [1.165, 1.54) is 0 Å². The van der Waals surface area contributed by atoms with Crippen LogP contribution in [0, 0.1) is 0 Å². The van der Waals surface area contributed by atoms with Gasteiger partial charge in [0.15, 0.2) is 0 Å². The summed E-state index contributed by atoms with van der Waals surface area (Å²) in [7, 11) is 0. The van der Waals surface area contributed by atoms with Gasteiger partial charge in [0, 0.05) is 5.54 Å². The molecule has 0 aliphatic heterocycles. The van der Waals surface area contributed by atoms with Crippen LogP contribution in [-0.4, -0.2) is 16.7 Å². The molecule has 0 amide bonds. The second kappa shape index (κ2) is 2.99. The zero-order valence-corrected chi connectivity index (χ0v) is 6.09. The third-order valence-corrected chi connectivity index (χ3v) is 1.54. The first-order valence-electron chi connectivity index (χ1n) is 3.08. The molecule has 0 rings (SSSR count). The molecule has 2 nitrogen and oxygen atoms in total. The van der Waals surface area contributed by atoms with Crippen LogP contribution in [0.4, 0.5) is 0 Å². The number of rotatable bonds is 3. The Kier molecular flexibility index (Phi) is 2.88. The van der Waals surface area contributed by atoms with Gasteiger partial charge < -0.3 is 10.8 Å². The Labute approximate surface area is 56.4 Å². The quantitative estimate of drug-likeness (QED) is 0.550. The predicted octanol–water partition coefficient (Wildman–Crippen LogP) is 0.661. The van der Waals surface area contributed by atoms with Crippen molar-refractivity contribution in [3.05, 3.63) is 12.7 Å². The van der Waals surface area contributed by atoms with E-state index in [1.54, 1.807) is 19.9 Å². The lowest BCUT2D eigenvalue weighted by Crippen LogP contribution is -2.45. The van der Waals surface area contributed by atoms with Crippen molar-refractivity contribution in [3.63, 3.8) is 0 Å². The molecule has 9 heavy (non-hydrogen) atoms. The zero-order chi connectivity index (χ0) is 7.49. The number of hydrogen-bond donors (Lipinski definition) is 2. The molecule has 3 N–H and O–H groups in total. The van der Waals surface area contributed by atoms with Crippen LogP contribution in [-0.2, 0) is 0 Å². The van der Waals surface area contributed by atoms with Crippen molar-refractivity contribution in [2.45, 2.75) is 31.9 Å². The fourth-order valence-electron chi connectivity index (χ4n) is 0.482. The van der Waals surface area contributed by atoms with Gasteiger partial charge in [-0.15, -0.1) is 6.58 Å². The summed E-state index contributed by atoms with van der Waals surface area (Å²) in [5.74, 6) is 0. The molecule has 0 saturated carbocycles. The lowest BCUT2D eigenvalue weighted by Gasteiger charge is -2.25. The van der Waals surface area contributed by atoms with Gasteiger partial charge in [0.2, 0.25) is 0 Å². The lowest BCUT2D eigenvalue weighted by molar-refractivity contribution is 0.113. The third-order valence-electron chi connectivity index (χ3n) is 1.54. The maximum Gasteiger partial charge on any atom is 0.0691 e. The van der Waals surface area contributed by atoms with Crippen molar-refractivity contribution in [2.24, 2.45) is 5.73 Å². The second-order valence-corrected chi connectivity index (χ2v) is 2.67. The smallest absolute Gasteiger partial charge is 0.0691 e. The topological polar surface area (TPSA) is 46.2 Å². The van der Waals surface area contributed by atoms with E-state index >= 15 is 0 Å². The van der Waals surface area contributed by atoms with E-state index in [4.69, 9.17) is 10.8 Å². The maximum absolute atomic E-state index is 9.04. The molecule has 2 atom stereocenters. The van der Waals surface area contributed by atoms with Crippen molar-refractivity contribution < 1.29 is 5.11 Å². The molecule has 0 radical (unpaired) electrons. The van der Waals surface area contributed by atoms with E-state index in [-0.39, 0.29) is 0 Å². The SMILES string of the molecule is C=CCC(C)(N)C(C)O. The summed E-state index contributed by atoms with van der Waals surface area (Å²) in [6, 6.07) is 0. The van der Waals surface area contributed by atoms with Crippen LogP contribution in [0.5, 0.6) is 0 Å². The van der Waals surface area contributed by atoms with Gasteiger partial charge in [0.25, 0.3) is 0 Å². The molecule has 0 spiro atoms. The molecular weight excluding hydrogens is 114 g/mol. The standard InChI is InChI=1S/C7H15NO/c1-4-5-7(3,8)6(2)9/h4,6,9H,1,5,8H2,2-3H3. The molecule has 0 aromatic carbocycles. The van der Waals surface area contributed by atoms with Crippen LogP contribution < -0.4 is 5.73 Å². The summed E-state index contributed by atoms with van der Waals surface area (Å²) in [6.07, 6.45) is 1.88. The number of hydrogen-bond acceptors (Lipinski definition) is 2. The largest absolute Gasteiger partial charge is 0.392 e. The van der Waals surface area contributed by atoms with E-state index in [0.29, 0.717) is 6.42 Å². The Hall–Kier alpha value is -0.340. The summed E-state index contributed by atoms with van der Waals surface area (Å²) in [6.45, 7) is 7.03. The Morgan fingerprint density at radius 2 is 2.33 bits per heavy atom. The van der Waals surface area contributed by atoms with Gasteiger partial charge in [-0.25, -0.2) is 0 Å². The molecule has 0 bridgehead atoms. The molecular formula is C7H15NO. The van der Waals surface area contributed by atoms with Crippen LogP contribution in [0.1, 0.15) is 20.3 Å². The first kappa shape index (κ1) is 8.66. The summed E-state index contributed by atoms with van der Waals surface area (Å²) >= 11 is 0. The molecule has 0 aromatic rings. The minimum absolute atomic E-state index is 0.476. The van der Waals surface area contributed by atoms with Crippen molar-refractivity contribution in [2.75, 3.05) is 0 Å². The third kappa shape index (κ3) is 2.63. The minimum Gasteiger partial charge on any atom is -0.392 e. The molecule has 0 saturated heterocycles. The first-order chi connectivity index (χ1) is 4.00. The van der Waals surface area contributed by atoms with E-state index in [2.05, 4.69) is 6.58 Å². The Morgan fingerprint density at radius 1 is 1.89 bits per heavy atom. The predicted molar refractivity (Wildman–Crippen MR) is 39.1 cm³/mol. The Bertz CT molecular complexity index is 97.1. The van der Waals surface area contributed by atoms with Crippen LogP contribution in [0.2, 0.25) is 0 Å². The fraction of sp³-hybridized carbons (Fsp3) is 0.714. The molecule has 2 heteroatoms. The number of nitrogens with two attached hydrogens (primary N) is 1. The van der Waals surface area contributed by atoms with Gasteiger partial charge in [-0.05, 0) is 20.3 Å². The van der Waals surface area contributed by atoms with Gasteiger partial charge in [-0.3, -0.25) is 0 Å². The lowest BCUT2D eigenvalue weighted by atomic mass is 9.93. The van der Waals surface area contributed by atoms with E-state index in [9.17, 15) is 0 Å². The van der Waals surface area contributed by atoms with Crippen LogP contribution >= 0.6 is 0 Å². The summed E-state index contributed by atoms with van der Waals surface area (Å²) in [5.41, 5.74) is 5.14. The number of aliphatic hydroxyl groups is 1. The molecule has 0 aromatic heterocycles. The summed E-state index contributed by atoms with van der Waals surface area (Å²) in [5, 5.41) is 9.04. The van der Waals surface area contributed by atoms with Crippen molar-refractivity contribution in [3.8, 4) is 0 Å². The average Bonchev–Trinajstić information content (AvgIpc) is 1.65. The normalized spacial score (nSPS) is 20.4. The van der Waals surface area contributed by atoms with E-state index < -0.39 is 11.6 Å². The highest BCUT2D eigenvalue weighted by Crippen LogP contribution is 2.10. The highest BCUT2D eigenvalue weighted by Gasteiger charge is 2.22. The van der Waals surface area contributed by atoms with Gasteiger partial charge in [-0.1, -0.05) is 6.08 Å². The van der Waals surface area contributed by atoms with E-state index in [1.807, 2.05) is 0 Å². The van der Waals surface area contributed by atoms with Crippen LogP contribution in [0.25, 0.3) is 0 Å². The molecule has 0 fully saturated rings. The monoisotopic (exact) mass is 129 g/mol. The van der Waals surface area contributed by atoms with Gasteiger partial charge >= 0.3 is 0 Å². The van der Waals surface area contributed by atoms with Gasteiger partial charge in [0.05, 0.1) is 6.10 Å². The van der Waals surface area contributed by atoms with Crippen LogP contribution in [0.3, 0.4) is 0 Å². The van der Waals surface area contributed by atoms with Gasteiger partial charge in [0.1, 0.15) is 0 Å². The Morgan fingerprint density at radius 3 is 2.44 bits per heavy atom. The highest BCUT2D eigenvalue weighted by molar-refractivity contribution is 4.90. The molecule has 0 heterocycles. The van der Waals surface area contributed by atoms with E-state index in [0.717, 1.165) is 0 Å². The second-order valence-electron chi connectivity index (χ2n) is 2.67. The van der Waals surface area contributed by atoms with Crippen molar-refractivity contribution in [1.29, 1.82) is 0 Å². The van der Waals surface area contributed by atoms with Crippen molar-refractivity contribution in [1.82, 2.24) is 0 Å². The molecule has 54 valence electrons. The van der Waals surface area contributed by atoms with Gasteiger partial charge in [-0.2, -0.15) is 0 Å². The molecule has 2 unspecified atom stereocenters. The Balaban J connectivity index is 3.84. The van der Waals surface area contributed by atoms with Crippen LogP contribution in [0.15, 0.2) is 12.7 Å². The molecule has 0 aliphatic rings. The average molecular weight is 129 g/mol. The zero-order valence-electron chi connectivity index (χ0n) is 6.09. The first-order valence-corrected chi connectivity index (χ1v) is 3.08. The van der Waals surface area contributed by atoms with Crippen molar-refractivity contribution >= 4 is 0 Å². The summed E-state index contributed by atoms with van der Waals surface area (Å²) in [4.78, 5) is 0. The highest BCUT2D eigenvalue weighted by atomic mass is 16.3.